The van der Waals surface area contributed by atoms with Crippen molar-refractivity contribution < 1.29 is 0 Å². The summed E-state index contributed by atoms with van der Waals surface area (Å²) in [4.78, 5) is 4.77. The molecule has 0 aliphatic heterocycles. The van der Waals surface area contributed by atoms with Crippen LogP contribution in [0, 0.1) is 6.92 Å². The van der Waals surface area contributed by atoms with Gasteiger partial charge >= 0.3 is 0 Å². The van der Waals surface area contributed by atoms with E-state index in [0.717, 1.165) is 34.2 Å². The molecule has 4 heteroatoms. The molecule has 0 spiro atoms. The number of anilines is 1. The number of halogens is 1. The number of hydrogen-bond acceptors (Lipinski definition) is 2. The van der Waals surface area contributed by atoms with Crippen LogP contribution in [0.15, 0.2) is 18.2 Å². The Bertz CT molecular complexity index is 636. The summed E-state index contributed by atoms with van der Waals surface area (Å²) in [6, 6.07) is 5.95. The molecular weight excluding hydrogens is 270 g/mol. The molecule has 1 aromatic carbocycles. The quantitative estimate of drug-likeness (QED) is 0.890. The molecule has 0 aliphatic carbocycles. The molecule has 0 saturated carbocycles. The van der Waals surface area contributed by atoms with Crippen molar-refractivity contribution in [2.45, 2.75) is 46.6 Å². The first-order valence-corrected chi connectivity index (χ1v) is 7.26. The third kappa shape index (κ3) is 2.55. The van der Waals surface area contributed by atoms with Crippen molar-refractivity contribution in [3.63, 3.8) is 0 Å². The fourth-order valence-corrected chi connectivity index (χ4v) is 2.49. The van der Waals surface area contributed by atoms with E-state index in [9.17, 15) is 0 Å². The van der Waals surface area contributed by atoms with E-state index in [1.165, 1.54) is 0 Å². The van der Waals surface area contributed by atoms with Crippen LogP contribution in [0.25, 0.3) is 11.3 Å². The molecule has 0 fully saturated rings. The summed E-state index contributed by atoms with van der Waals surface area (Å²) >= 11 is 6.21. The van der Waals surface area contributed by atoms with Crippen molar-refractivity contribution in [1.82, 2.24) is 9.55 Å². The average Bonchev–Trinajstić information content (AvgIpc) is 2.69. The number of rotatable bonds is 2. The monoisotopic (exact) mass is 291 g/mol. The zero-order chi connectivity index (χ0) is 15.1. The second-order valence-corrected chi connectivity index (χ2v) is 6.53. The molecule has 0 unspecified atom stereocenters. The second kappa shape index (κ2) is 5.13. The van der Waals surface area contributed by atoms with Crippen molar-refractivity contribution in [3.8, 4) is 11.3 Å². The summed E-state index contributed by atoms with van der Waals surface area (Å²) in [6.45, 7) is 11.3. The lowest BCUT2D eigenvalue weighted by Crippen LogP contribution is -2.19. The molecule has 3 nitrogen and oxygen atoms in total. The molecule has 0 amide bonds. The van der Waals surface area contributed by atoms with E-state index in [2.05, 4.69) is 32.3 Å². The lowest BCUT2D eigenvalue weighted by atomic mass is 9.95. The van der Waals surface area contributed by atoms with E-state index < -0.39 is 0 Å². The third-order valence-electron chi connectivity index (χ3n) is 3.44. The number of benzene rings is 1. The van der Waals surface area contributed by atoms with E-state index in [-0.39, 0.29) is 5.41 Å². The Morgan fingerprint density at radius 3 is 2.40 bits per heavy atom. The number of nitrogen functional groups attached to an aromatic ring is 1. The summed E-state index contributed by atoms with van der Waals surface area (Å²) < 4.78 is 2.07. The topological polar surface area (TPSA) is 43.8 Å². The molecule has 0 atom stereocenters. The van der Waals surface area contributed by atoms with Gasteiger partial charge in [0.15, 0.2) is 0 Å². The van der Waals surface area contributed by atoms with Crippen LogP contribution in [0.3, 0.4) is 0 Å². The van der Waals surface area contributed by atoms with Crippen LogP contribution in [0.4, 0.5) is 5.82 Å². The Balaban J connectivity index is 2.63. The third-order valence-corrected chi connectivity index (χ3v) is 3.85. The van der Waals surface area contributed by atoms with Gasteiger partial charge in [0.2, 0.25) is 0 Å². The van der Waals surface area contributed by atoms with Crippen LogP contribution in [0.2, 0.25) is 5.02 Å². The number of imidazole rings is 1. The van der Waals surface area contributed by atoms with Crippen molar-refractivity contribution in [2.75, 3.05) is 5.73 Å². The van der Waals surface area contributed by atoms with Gasteiger partial charge in [-0.25, -0.2) is 4.98 Å². The van der Waals surface area contributed by atoms with Gasteiger partial charge in [-0.2, -0.15) is 0 Å². The standard InChI is InChI=1S/C16H22ClN3/c1-6-20-14(18)13(19-15(20)16(3,4)5)11-8-7-10(2)12(17)9-11/h7-9H,6,18H2,1-5H3. The maximum absolute atomic E-state index is 6.29. The summed E-state index contributed by atoms with van der Waals surface area (Å²) in [5, 5.41) is 0.741. The molecule has 2 rings (SSSR count). The van der Waals surface area contributed by atoms with Gasteiger partial charge in [-0.15, -0.1) is 0 Å². The first-order chi connectivity index (χ1) is 9.25. The van der Waals surface area contributed by atoms with Crippen LogP contribution in [-0.4, -0.2) is 9.55 Å². The maximum atomic E-state index is 6.29. The highest BCUT2D eigenvalue weighted by Gasteiger charge is 2.24. The Hall–Kier alpha value is -1.48. The number of nitrogens with two attached hydrogens (primary N) is 1. The largest absolute Gasteiger partial charge is 0.383 e. The molecule has 0 radical (unpaired) electrons. The molecule has 108 valence electrons. The van der Waals surface area contributed by atoms with Crippen LogP contribution in [0.5, 0.6) is 0 Å². The first kappa shape index (κ1) is 14.9. The highest BCUT2D eigenvalue weighted by molar-refractivity contribution is 6.31. The number of hydrogen-bond donors (Lipinski definition) is 1. The van der Waals surface area contributed by atoms with Gasteiger partial charge in [0, 0.05) is 22.5 Å². The first-order valence-electron chi connectivity index (χ1n) is 6.88. The van der Waals surface area contributed by atoms with Crippen LogP contribution >= 0.6 is 11.6 Å². The van der Waals surface area contributed by atoms with Crippen LogP contribution in [0.1, 0.15) is 39.1 Å². The SMILES string of the molecule is CCn1c(C(C)(C)C)nc(-c2ccc(C)c(Cl)c2)c1N. The van der Waals surface area contributed by atoms with Gasteiger partial charge in [-0.1, -0.05) is 44.5 Å². The van der Waals surface area contributed by atoms with Gasteiger partial charge in [-0.05, 0) is 25.5 Å². The normalized spacial score (nSPS) is 11.9. The molecule has 0 bridgehead atoms. The number of nitrogens with zero attached hydrogens (tertiary/aromatic N) is 2. The van der Waals surface area contributed by atoms with Gasteiger partial charge in [0.05, 0.1) is 0 Å². The second-order valence-electron chi connectivity index (χ2n) is 6.13. The van der Waals surface area contributed by atoms with Crippen molar-refractivity contribution in [1.29, 1.82) is 0 Å². The molecule has 2 aromatic rings. The highest BCUT2D eigenvalue weighted by atomic mass is 35.5. The summed E-state index contributed by atoms with van der Waals surface area (Å²) in [7, 11) is 0. The van der Waals surface area contributed by atoms with Gasteiger partial charge in [0.1, 0.15) is 17.3 Å². The van der Waals surface area contributed by atoms with E-state index >= 15 is 0 Å². The zero-order valence-corrected chi connectivity index (χ0v) is 13.5. The maximum Gasteiger partial charge on any atom is 0.131 e. The summed E-state index contributed by atoms with van der Waals surface area (Å²) in [5.74, 6) is 1.71. The zero-order valence-electron chi connectivity index (χ0n) is 12.8. The van der Waals surface area contributed by atoms with Crippen LogP contribution in [-0.2, 0) is 12.0 Å². The van der Waals surface area contributed by atoms with Crippen molar-refractivity contribution in [2.24, 2.45) is 0 Å². The fourth-order valence-electron chi connectivity index (χ4n) is 2.31. The molecule has 0 aliphatic rings. The Morgan fingerprint density at radius 2 is 1.95 bits per heavy atom. The molecule has 20 heavy (non-hydrogen) atoms. The minimum Gasteiger partial charge on any atom is -0.383 e. The average molecular weight is 292 g/mol. The fraction of sp³-hybridized carbons (Fsp3) is 0.438. The van der Waals surface area contributed by atoms with Crippen LogP contribution < -0.4 is 5.73 Å². The summed E-state index contributed by atoms with van der Waals surface area (Å²) in [5.41, 5.74) is 9.09. The van der Waals surface area contributed by atoms with Gasteiger partial charge in [0.25, 0.3) is 0 Å². The minimum absolute atomic E-state index is 0.0448. The van der Waals surface area contributed by atoms with E-state index in [1.54, 1.807) is 0 Å². The Kier molecular flexibility index (Phi) is 3.83. The predicted octanol–water partition coefficient (Wildman–Crippen LogP) is 4.41. The Labute approximate surface area is 125 Å². The molecular formula is C16H22ClN3. The smallest absolute Gasteiger partial charge is 0.131 e. The minimum atomic E-state index is -0.0448. The molecule has 2 N–H and O–H groups in total. The number of aryl methyl sites for hydroxylation is 1. The molecule has 0 saturated heterocycles. The van der Waals surface area contributed by atoms with E-state index in [0.29, 0.717) is 5.82 Å². The lowest BCUT2D eigenvalue weighted by Gasteiger charge is -2.19. The molecule has 1 heterocycles. The predicted molar refractivity (Wildman–Crippen MR) is 86.2 cm³/mol. The van der Waals surface area contributed by atoms with E-state index in [4.69, 9.17) is 22.3 Å². The molecule has 1 aromatic heterocycles. The Morgan fingerprint density at radius 1 is 1.30 bits per heavy atom. The van der Waals surface area contributed by atoms with E-state index in [1.807, 2.05) is 25.1 Å². The van der Waals surface area contributed by atoms with Crippen molar-refractivity contribution in [3.05, 3.63) is 34.6 Å². The lowest BCUT2D eigenvalue weighted by molar-refractivity contribution is 0.509. The van der Waals surface area contributed by atoms with Crippen molar-refractivity contribution >= 4 is 17.4 Å². The summed E-state index contributed by atoms with van der Waals surface area (Å²) in [6.07, 6.45) is 0. The van der Waals surface area contributed by atoms with Gasteiger partial charge < -0.3 is 10.3 Å². The highest BCUT2D eigenvalue weighted by Crippen LogP contribution is 2.33. The number of aromatic nitrogens is 2. The van der Waals surface area contributed by atoms with Gasteiger partial charge in [-0.3, -0.25) is 0 Å².